The van der Waals surface area contributed by atoms with Crippen molar-refractivity contribution in [3.8, 4) is 16.9 Å². The first-order chi connectivity index (χ1) is 15.7. The molecule has 5 rings (SSSR count). The van der Waals surface area contributed by atoms with Gasteiger partial charge < -0.3 is 10.5 Å². The standard InChI is InChI=1S/C24H21ClFN5O2/c1-23(12-20-28-6-3-7-29-20)13-24(21(32)31(2)22(27)30-24)18-10-14(4-5-19(18)33-23)15-8-16(25)11-17(26)9-15/h3-11H,12-13H2,1-2H3,(H2,27,30). The summed E-state index contributed by atoms with van der Waals surface area (Å²) in [5.41, 5.74) is 5.83. The van der Waals surface area contributed by atoms with Gasteiger partial charge in [0, 0.05) is 42.9 Å². The van der Waals surface area contributed by atoms with Crippen molar-refractivity contribution in [1.82, 2.24) is 14.9 Å². The van der Waals surface area contributed by atoms with Crippen LogP contribution in [0, 0.1) is 5.82 Å². The van der Waals surface area contributed by atoms with Gasteiger partial charge in [-0.2, -0.15) is 0 Å². The maximum Gasteiger partial charge on any atom is 0.261 e. The molecule has 0 saturated carbocycles. The lowest BCUT2D eigenvalue weighted by molar-refractivity contribution is -0.134. The SMILES string of the molecule is CN1C(=O)C2(CC(C)(Cc3ncccn3)Oc3ccc(-c4cc(F)cc(Cl)c4)cc32)N=C1N. The fourth-order valence-electron chi connectivity index (χ4n) is 4.62. The van der Waals surface area contributed by atoms with Gasteiger partial charge >= 0.3 is 0 Å². The first-order valence-corrected chi connectivity index (χ1v) is 10.8. The highest BCUT2D eigenvalue weighted by Crippen LogP contribution is 2.50. The molecule has 2 N–H and O–H groups in total. The Morgan fingerprint density at radius 3 is 2.61 bits per heavy atom. The molecule has 1 spiro atoms. The lowest BCUT2D eigenvalue weighted by atomic mass is 9.75. The van der Waals surface area contributed by atoms with Crippen LogP contribution in [-0.4, -0.2) is 39.4 Å². The molecule has 168 valence electrons. The first kappa shape index (κ1) is 21.3. The number of hydrogen-bond acceptors (Lipinski definition) is 6. The van der Waals surface area contributed by atoms with E-state index in [1.807, 2.05) is 6.92 Å². The van der Waals surface area contributed by atoms with Crippen molar-refractivity contribution in [2.75, 3.05) is 7.05 Å². The molecule has 7 nitrogen and oxygen atoms in total. The number of hydrogen-bond donors (Lipinski definition) is 1. The van der Waals surface area contributed by atoms with Gasteiger partial charge in [-0.15, -0.1) is 0 Å². The minimum atomic E-state index is -1.27. The number of fused-ring (bicyclic) bond motifs is 2. The van der Waals surface area contributed by atoms with E-state index >= 15 is 0 Å². The predicted octanol–water partition coefficient (Wildman–Crippen LogP) is 3.70. The monoisotopic (exact) mass is 465 g/mol. The number of ether oxygens (including phenoxy) is 1. The Bertz CT molecular complexity index is 1280. The second-order valence-electron chi connectivity index (χ2n) is 8.63. The Morgan fingerprint density at radius 1 is 1.18 bits per heavy atom. The summed E-state index contributed by atoms with van der Waals surface area (Å²) in [6.45, 7) is 1.91. The zero-order chi connectivity index (χ0) is 23.4. The number of benzene rings is 2. The molecule has 2 atom stereocenters. The van der Waals surface area contributed by atoms with Crippen LogP contribution in [0.1, 0.15) is 24.7 Å². The maximum absolute atomic E-state index is 14.0. The summed E-state index contributed by atoms with van der Waals surface area (Å²) in [4.78, 5) is 28.1. The van der Waals surface area contributed by atoms with E-state index in [1.165, 1.54) is 17.0 Å². The highest BCUT2D eigenvalue weighted by atomic mass is 35.5. The highest BCUT2D eigenvalue weighted by Gasteiger charge is 2.57. The second kappa shape index (κ2) is 7.52. The number of amides is 1. The molecule has 0 fully saturated rings. The number of nitrogens with zero attached hydrogens (tertiary/aromatic N) is 4. The third-order valence-electron chi connectivity index (χ3n) is 6.07. The Hall–Kier alpha value is -3.52. The van der Waals surface area contributed by atoms with Crippen LogP contribution in [0.2, 0.25) is 5.02 Å². The summed E-state index contributed by atoms with van der Waals surface area (Å²) in [5, 5.41) is 0.281. The highest BCUT2D eigenvalue weighted by molar-refractivity contribution is 6.30. The second-order valence-corrected chi connectivity index (χ2v) is 9.07. The van der Waals surface area contributed by atoms with E-state index in [4.69, 9.17) is 22.1 Å². The van der Waals surface area contributed by atoms with Crippen molar-refractivity contribution in [2.24, 2.45) is 10.7 Å². The molecule has 1 amide bonds. The minimum absolute atomic E-state index is 0.130. The van der Waals surface area contributed by atoms with Crippen LogP contribution in [0.5, 0.6) is 5.75 Å². The molecule has 0 radical (unpaired) electrons. The summed E-state index contributed by atoms with van der Waals surface area (Å²) >= 11 is 6.06. The summed E-state index contributed by atoms with van der Waals surface area (Å²) in [6, 6.07) is 11.4. The molecular weight excluding hydrogens is 445 g/mol. The van der Waals surface area contributed by atoms with Gasteiger partial charge in [0.05, 0.1) is 0 Å². The molecule has 2 aliphatic heterocycles. The molecular formula is C24H21ClFN5O2. The van der Waals surface area contributed by atoms with Crippen molar-refractivity contribution in [3.05, 3.63) is 77.1 Å². The molecule has 33 heavy (non-hydrogen) atoms. The normalized spacial score (nSPS) is 23.9. The van der Waals surface area contributed by atoms with Gasteiger partial charge in [0.25, 0.3) is 5.91 Å². The third-order valence-corrected chi connectivity index (χ3v) is 6.28. The topological polar surface area (TPSA) is 93.7 Å². The average molecular weight is 466 g/mol. The van der Waals surface area contributed by atoms with E-state index < -0.39 is 17.0 Å². The Morgan fingerprint density at radius 2 is 1.94 bits per heavy atom. The fraction of sp³-hybridized carbons (Fsp3) is 0.250. The van der Waals surface area contributed by atoms with Crippen LogP contribution in [0.15, 0.2) is 59.9 Å². The van der Waals surface area contributed by atoms with E-state index in [-0.39, 0.29) is 23.3 Å². The van der Waals surface area contributed by atoms with Gasteiger partial charge in [-0.1, -0.05) is 17.7 Å². The van der Waals surface area contributed by atoms with Crippen molar-refractivity contribution in [1.29, 1.82) is 0 Å². The van der Waals surface area contributed by atoms with Crippen LogP contribution in [0.4, 0.5) is 4.39 Å². The van der Waals surface area contributed by atoms with Gasteiger partial charge in [-0.05, 0) is 54.4 Å². The average Bonchev–Trinajstić information content (AvgIpc) is 2.97. The number of aliphatic imine (C=N–C) groups is 1. The van der Waals surface area contributed by atoms with Gasteiger partial charge in [0.15, 0.2) is 11.5 Å². The summed E-state index contributed by atoms with van der Waals surface area (Å²) in [7, 11) is 1.60. The minimum Gasteiger partial charge on any atom is -0.487 e. The molecule has 9 heteroatoms. The zero-order valence-electron chi connectivity index (χ0n) is 18.0. The number of guanidine groups is 1. The van der Waals surface area contributed by atoms with Gasteiger partial charge in [-0.3, -0.25) is 9.69 Å². The smallest absolute Gasteiger partial charge is 0.261 e. The van der Waals surface area contributed by atoms with Gasteiger partial charge in [0.2, 0.25) is 0 Å². The molecule has 1 aromatic heterocycles. The number of rotatable bonds is 3. The molecule has 3 heterocycles. The van der Waals surface area contributed by atoms with Crippen LogP contribution in [0.3, 0.4) is 0 Å². The summed E-state index contributed by atoms with van der Waals surface area (Å²) in [6.07, 6.45) is 3.95. The third kappa shape index (κ3) is 3.60. The Labute approximate surface area is 195 Å². The summed E-state index contributed by atoms with van der Waals surface area (Å²) in [5.74, 6) is 0.534. The van der Waals surface area contributed by atoms with Crippen molar-refractivity contribution in [3.63, 3.8) is 0 Å². The molecule has 2 unspecified atom stereocenters. The van der Waals surface area contributed by atoms with Crippen molar-refractivity contribution >= 4 is 23.5 Å². The number of aromatic nitrogens is 2. The van der Waals surface area contributed by atoms with E-state index in [2.05, 4.69) is 15.0 Å². The molecule has 0 bridgehead atoms. The van der Waals surface area contributed by atoms with Crippen LogP contribution >= 0.6 is 11.6 Å². The molecule has 2 aliphatic rings. The van der Waals surface area contributed by atoms with E-state index in [9.17, 15) is 9.18 Å². The quantitative estimate of drug-likeness (QED) is 0.636. The molecule has 0 aliphatic carbocycles. The maximum atomic E-state index is 14.0. The number of nitrogens with two attached hydrogens (primary N) is 1. The Balaban J connectivity index is 1.65. The van der Waals surface area contributed by atoms with E-state index in [1.54, 1.807) is 49.8 Å². The number of halogens is 2. The van der Waals surface area contributed by atoms with Gasteiger partial charge in [-0.25, -0.2) is 19.4 Å². The van der Waals surface area contributed by atoms with E-state index in [0.29, 0.717) is 34.7 Å². The molecule has 0 saturated heterocycles. The predicted molar refractivity (Wildman–Crippen MR) is 122 cm³/mol. The molecule has 3 aromatic rings. The van der Waals surface area contributed by atoms with Crippen molar-refractivity contribution < 1.29 is 13.9 Å². The summed E-state index contributed by atoms with van der Waals surface area (Å²) < 4.78 is 20.4. The van der Waals surface area contributed by atoms with Crippen molar-refractivity contribution in [2.45, 2.75) is 30.9 Å². The Kier molecular flexibility index (Phi) is 4.86. The van der Waals surface area contributed by atoms with Crippen LogP contribution in [-0.2, 0) is 16.8 Å². The number of carbonyl (C=O) groups excluding carboxylic acids is 1. The fourth-order valence-corrected chi connectivity index (χ4v) is 4.85. The lowest BCUT2D eigenvalue weighted by Gasteiger charge is -2.43. The number of carbonyl (C=O) groups is 1. The van der Waals surface area contributed by atoms with Gasteiger partial charge in [0.1, 0.15) is 23.0 Å². The van der Waals surface area contributed by atoms with Crippen LogP contribution < -0.4 is 10.5 Å². The lowest BCUT2D eigenvalue weighted by Crippen LogP contribution is -2.51. The number of likely N-dealkylation sites (N-methyl/N-ethyl adjacent to an activating group) is 1. The largest absolute Gasteiger partial charge is 0.487 e. The molecule has 2 aromatic carbocycles. The van der Waals surface area contributed by atoms with Crippen LogP contribution in [0.25, 0.3) is 11.1 Å². The van der Waals surface area contributed by atoms with E-state index in [0.717, 1.165) is 0 Å². The first-order valence-electron chi connectivity index (χ1n) is 10.4. The zero-order valence-corrected chi connectivity index (χ0v) is 18.8.